The van der Waals surface area contributed by atoms with Crippen molar-refractivity contribution in [1.82, 2.24) is 0 Å². The van der Waals surface area contributed by atoms with Crippen molar-refractivity contribution < 1.29 is 0 Å². The molecule has 11 heavy (non-hydrogen) atoms. The van der Waals surface area contributed by atoms with E-state index in [-0.39, 0.29) is 0 Å². The molecule has 0 N–H and O–H groups in total. The summed E-state index contributed by atoms with van der Waals surface area (Å²) in [5, 5.41) is 0. The topological polar surface area (TPSA) is 0 Å². The maximum atomic E-state index is 4.26. The van der Waals surface area contributed by atoms with Crippen LogP contribution in [0.4, 0.5) is 0 Å². The Hall–Kier alpha value is 0.350. The fourth-order valence-corrected chi connectivity index (χ4v) is 3.27. The maximum Gasteiger partial charge on any atom is -0.00978 e. The van der Waals surface area contributed by atoms with E-state index >= 15 is 0 Å². The second-order valence-electron chi connectivity index (χ2n) is 4.30. The summed E-state index contributed by atoms with van der Waals surface area (Å²) in [6, 6.07) is 0. The summed E-state index contributed by atoms with van der Waals surface area (Å²) in [6.45, 7) is 0. The Labute approximate surface area is 75.2 Å². The molecule has 2 aliphatic carbocycles. The maximum absolute atomic E-state index is 4.26. The normalized spacial score (nSPS) is 41.7. The lowest BCUT2D eigenvalue weighted by atomic mass is 9.86. The molecule has 0 nitrogen and oxygen atoms in total. The fraction of sp³-hybridized carbons (Fsp3) is 1.00. The molecule has 3 unspecified atom stereocenters. The molecule has 0 heterocycles. The number of rotatable bonds is 3. The highest BCUT2D eigenvalue weighted by molar-refractivity contribution is 7.80. The van der Waals surface area contributed by atoms with Crippen molar-refractivity contribution in [3.63, 3.8) is 0 Å². The van der Waals surface area contributed by atoms with Crippen LogP contribution >= 0.6 is 12.6 Å². The first kappa shape index (κ1) is 7.97. The van der Waals surface area contributed by atoms with Gasteiger partial charge in [-0.1, -0.05) is 6.42 Å². The van der Waals surface area contributed by atoms with Crippen LogP contribution in [0.3, 0.4) is 0 Å². The van der Waals surface area contributed by atoms with E-state index in [4.69, 9.17) is 0 Å². The molecule has 1 heteroatoms. The molecule has 0 spiro atoms. The van der Waals surface area contributed by atoms with E-state index in [1.165, 1.54) is 12.8 Å². The molecule has 0 radical (unpaired) electrons. The first-order valence-electron chi connectivity index (χ1n) is 5.01. The van der Waals surface area contributed by atoms with Gasteiger partial charge in [0.15, 0.2) is 0 Å². The van der Waals surface area contributed by atoms with E-state index in [1.807, 2.05) is 0 Å². The standard InChI is InChI=1S/C10H18S/c11-5-1-2-9-6-8-3-4-10(9)7-8/h8-11H,1-7H2. The van der Waals surface area contributed by atoms with Gasteiger partial charge in [-0.3, -0.25) is 0 Å². The molecular formula is C10H18S. The lowest BCUT2D eigenvalue weighted by Gasteiger charge is -2.20. The quantitative estimate of drug-likeness (QED) is 0.618. The average Bonchev–Trinajstić information content (AvgIpc) is 2.60. The Balaban J connectivity index is 1.78. The van der Waals surface area contributed by atoms with Gasteiger partial charge in [0, 0.05) is 0 Å². The van der Waals surface area contributed by atoms with Gasteiger partial charge in [-0.25, -0.2) is 0 Å². The fourth-order valence-electron chi connectivity index (χ4n) is 3.08. The lowest BCUT2D eigenvalue weighted by molar-refractivity contribution is 0.313. The highest BCUT2D eigenvalue weighted by Gasteiger charge is 2.38. The zero-order valence-electron chi connectivity index (χ0n) is 7.13. The summed E-state index contributed by atoms with van der Waals surface area (Å²) >= 11 is 4.26. The summed E-state index contributed by atoms with van der Waals surface area (Å²) in [5.41, 5.74) is 0. The van der Waals surface area contributed by atoms with Crippen LogP contribution in [-0.2, 0) is 0 Å². The van der Waals surface area contributed by atoms with Crippen molar-refractivity contribution in [3.05, 3.63) is 0 Å². The van der Waals surface area contributed by atoms with Gasteiger partial charge in [0.05, 0.1) is 0 Å². The third kappa shape index (κ3) is 1.58. The van der Waals surface area contributed by atoms with Crippen LogP contribution in [0.15, 0.2) is 0 Å². The van der Waals surface area contributed by atoms with Crippen LogP contribution in [0.1, 0.15) is 38.5 Å². The van der Waals surface area contributed by atoms with Gasteiger partial charge in [0.1, 0.15) is 0 Å². The summed E-state index contributed by atoms with van der Waals surface area (Å²) in [6.07, 6.45) is 9.02. The van der Waals surface area contributed by atoms with Crippen molar-refractivity contribution in [2.45, 2.75) is 38.5 Å². The molecule has 3 atom stereocenters. The van der Waals surface area contributed by atoms with Crippen LogP contribution in [0.25, 0.3) is 0 Å². The number of hydrogen-bond acceptors (Lipinski definition) is 1. The van der Waals surface area contributed by atoms with Crippen LogP contribution in [0.5, 0.6) is 0 Å². The van der Waals surface area contributed by atoms with E-state index in [0.29, 0.717) is 0 Å². The third-order valence-electron chi connectivity index (χ3n) is 3.62. The highest BCUT2D eigenvalue weighted by atomic mass is 32.1. The Morgan fingerprint density at radius 1 is 1.18 bits per heavy atom. The molecule has 64 valence electrons. The van der Waals surface area contributed by atoms with Crippen molar-refractivity contribution in [3.8, 4) is 0 Å². The van der Waals surface area contributed by atoms with Crippen LogP contribution in [0.2, 0.25) is 0 Å². The summed E-state index contributed by atoms with van der Waals surface area (Å²) < 4.78 is 0. The molecule has 0 aromatic carbocycles. The van der Waals surface area contributed by atoms with Crippen LogP contribution < -0.4 is 0 Å². The van der Waals surface area contributed by atoms with Gasteiger partial charge in [-0.05, 0) is 55.6 Å². The Morgan fingerprint density at radius 3 is 2.64 bits per heavy atom. The molecule has 2 rings (SSSR count). The Morgan fingerprint density at radius 2 is 2.09 bits per heavy atom. The molecule has 0 saturated heterocycles. The predicted molar refractivity (Wildman–Crippen MR) is 52.0 cm³/mol. The Bertz CT molecular complexity index is 133. The number of hydrogen-bond donors (Lipinski definition) is 1. The van der Waals surface area contributed by atoms with Gasteiger partial charge in [0.25, 0.3) is 0 Å². The predicted octanol–water partition coefficient (Wildman–Crippen LogP) is 3.13. The first-order valence-corrected chi connectivity index (χ1v) is 5.64. The first-order chi connectivity index (χ1) is 5.40. The van der Waals surface area contributed by atoms with Gasteiger partial charge < -0.3 is 0 Å². The summed E-state index contributed by atoms with van der Waals surface area (Å²) in [7, 11) is 0. The minimum Gasteiger partial charge on any atom is -0.179 e. The van der Waals surface area contributed by atoms with Crippen LogP contribution in [0, 0.1) is 17.8 Å². The van der Waals surface area contributed by atoms with Gasteiger partial charge >= 0.3 is 0 Å². The number of thiol groups is 1. The third-order valence-corrected chi connectivity index (χ3v) is 3.93. The molecule has 2 saturated carbocycles. The monoisotopic (exact) mass is 170 g/mol. The lowest BCUT2D eigenvalue weighted by Crippen LogP contribution is -2.10. The molecular weight excluding hydrogens is 152 g/mol. The SMILES string of the molecule is SCCCC1CC2CCC1C2. The molecule has 2 fully saturated rings. The van der Waals surface area contributed by atoms with Crippen molar-refractivity contribution in [1.29, 1.82) is 0 Å². The zero-order chi connectivity index (χ0) is 7.68. The van der Waals surface area contributed by atoms with Crippen molar-refractivity contribution in [2.24, 2.45) is 17.8 Å². The van der Waals surface area contributed by atoms with E-state index < -0.39 is 0 Å². The van der Waals surface area contributed by atoms with E-state index in [2.05, 4.69) is 12.6 Å². The number of fused-ring (bicyclic) bond motifs is 2. The van der Waals surface area contributed by atoms with Gasteiger partial charge in [-0.15, -0.1) is 0 Å². The molecule has 0 aliphatic heterocycles. The van der Waals surface area contributed by atoms with Crippen LogP contribution in [-0.4, -0.2) is 5.75 Å². The van der Waals surface area contributed by atoms with Gasteiger partial charge in [-0.2, -0.15) is 12.6 Å². The summed E-state index contributed by atoms with van der Waals surface area (Å²) in [4.78, 5) is 0. The highest BCUT2D eigenvalue weighted by Crippen LogP contribution is 2.49. The average molecular weight is 170 g/mol. The van der Waals surface area contributed by atoms with E-state index in [0.717, 1.165) is 23.5 Å². The summed E-state index contributed by atoms with van der Waals surface area (Å²) in [5.74, 6) is 4.44. The second-order valence-corrected chi connectivity index (χ2v) is 4.75. The van der Waals surface area contributed by atoms with E-state index in [9.17, 15) is 0 Å². The van der Waals surface area contributed by atoms with Gasteiger partial charge in [0.2, 0.25) is 0 Å². The molecule has 0 amide bonds. The molecule has 2 aliphatic rings. The van der Waals surface area contributed by atoms with E-state index in [1.54, 1.807) is 25.7 Å². The van der Waals surface area contributed by atoms with Crippen molar-refractivity contribution >= 4 is 12.6 Å². The smallest absolute Gasteiger partial charge is 0.00978 e. The molecule has 0 aromatic rings. The zero-order valence-corrected chi connectivity index (χ0v) is 8.02. The minimum absolute atomic E-state index is 1.09. The second kappa shape index (κ2) is 3.38. The van der Waals surface area contributed by atoms with Crippen molar-refractivity contribution in [2.75, 3.05) is 5.75 Å². The largest absolute Gasteiger partial charge is 0.179 e. The molecule has 2 bridgehead atoms. The minimum atomic E-state index is 1.09. The molecule has 0 aromatic heterocycles. The Kier molecular flexibility index (Phi) is 2.45.